The lowest BCUT2D eigenvalue weighted by Crippen LogP contribution is -2.13. The number of hydrogen-bond acceptors (Lipinski definition) is 6. The molecule has 0 spiro atoms. The van der Waals surface area contributed by atoms with E-state index in [1.807, 2.05) is 11.8 Å². The summed E-state index contributed by atoms with van der Waals surface area (Å²) in [6, 6.07) is 0. The molecule has 2 rings (SSSR count). The minimum absolute atomic E-state index is 0.375. The normalized spacial score (nSPS) is 19.7. The molecule has 0 aliphatic carbocycles. The van der Waals surface area contributed by atoms with Crippen LogP contribution in [-0.4, -0.2) is 35.6 Å². The predicted molar refractivity (Wildman–Crippen MR) is 67.4 cm³/mol. The number of aromatic nitrogens is 1. The Kier molecular flexibility index (Phi) is 4.06. The third-order valence-corrected chi connectivity index (χ3v) is 4.60. The SMILES string of the molecule is COC(=O)c1csc(NCC2CCCS2)n1. The van der Waals surface area contributed by atoms with Gasteiger partial charge in [-0.1, -0.05) is 0 Å². The molecule has 1 aliphatic rings. The molecule has 4 nitrogen and oxygen atoms in total. The lowest BCUT2D eigenvalue weighted by Gasteiger charge is -2.08. The highest BCUT2D eigenvalue weighted by molar-refractivity contribution is 8.00. The van der Waals surface area contributed by atoms with Gasteiger partial charge in [-0.05, 0) is 18.6 Å². The first-order valence-electron chi connectivity index (χ1n) is 5.19. The van der Waals surface area contributed by atoms with Crippen molar-refractivity contribution in [1.82, 2.24) is 4.98 Å². The van der Waals surface area contributed by atoms with Gasteiger partial charge in [-0.3, -0.25) is 0 Å². The van der Waals surface area contributed by atoms with Gasteiger partial charge in [-0.25, -0.2) is 9.78 Å². The summed E-state index contributed by atoms with van der Waals surface area (Å²) in [5, 5.41) is 6.47. The first-order chi connectivity index (χ1) is 7.79. The third kappa shape index (κ3) is 2.89. The zero-order valence-electron chi connectivity index (χ0n) is 9.06. The van der Waals surface area contributed by atoms with Crippen LogP contribution in [0.1, 0.15) is 23.3 Å². The number of methoxy groups -OCH3 is 1. The number of nitrogens with zero attached hydrogens (tertiary/aromatic N) is 1. The van der Waals surface area contributed by atoms with Crippen molar-refractivity contribution in [1.29, 1.82) is 0 Å². The standard InChI is InChI=1S/C10H14N2O2S2/c1-14-9(13)8-6-16-10(12-8)11-5-7-3-2-4-15-7/h6-7H,2-5H2,1H3,(H,11,12). The summed E-state index contributed by atoms with van der Waals surface area (Å²) < 4.78 is 4.60. The lowest BCUT2D eigenvalue weighted by molar-refractivity contribution is 0.0595. The fourth-order valence-corrected chi connectivity index (χ4v) is 3.45. The number of carbonyl (C=O) groups is 1. The number of thioether (sulfide) groups is 1. The van der Waals surface area contributed by atoms with Gasteiger partial charge in [-0.2, -0.15) is 11.8 Å². The predicted octanol–water partition coefficient (Wildman–Crippen LogP) is 2.24. The van der Waals surface area contributed by atoms with E-state index in [0.717, 1.165) is 11.7 Å². The van der Waals surface area contributed by atoms with Crippen molar-refractivity contribution in [2.75, 3.05) is 24.7 Å². The maximum atomic E-state index is 11.2. The van der Waals surface area contributed by atoms with Gasteiger partial charge in [-0.15, -0.1) is 11.3 Å². The first-order valence-corrected chi connectivity index (χ1v) is 7.12. The molecule has 6 heteroatoms. The quantitative estimate of drug-likeness (QED) is 0.839. The van der Waals surface area contributed by atoms with Gasteiger partial charge >= 0.3 is 5.97 Å². The van der Waals surface area contributed by atoms with Crippen LogP contribution >= 0.6 is 23.1 Å². The smallest absolute Gasteiger partial charge is 0.357 e. The number of hydrogen-bond donors (Lipinski definition) is 1. The second-order valence-corrected chi connectivity index (χ2v) is 5.81. The molecule has 88 valence electrons. The fourth-order valence-electron chi connectivity index (χ4n) is 1.56. The molecule has 1 aromatic heterocycles. The number of anilines is 1. The Morgan fingerprint density at radius 1 is 1.75 bits per heavy atom. The van der Waals surface area contributed by atoms with Crippen molar-refractivity contribution >= 4 is 34.2 Å². The van der Waals surface area contributed by atoms with E-state index in [9.17, 15) is 4.79 Å². The maximum Gasteiger partial charge on any atom is 0.357 e. The van der Waals surface area contributed by atoms with Crippen LogP contribution < -0.4 is 5.32 Å². The number of nitrogens with one attached hydrogen (secondary N) is 1. The first kappa shape index (κ1) is 11.7. The lowest BCUT2D eigenvalue weighted by atomic mass is 10.2. The van der Waals surface area contributed by atoms with Gasteiger partial charge in [0.05, 0.1) is 7.11 Å². The average molecular weight is 258 g/mol. The Labute approximate surface area is 103 Å². The molecule has 1 N–H and O–H groups in total. The zero-order valence-corrected chi connectivity index (χ0v) is 10.7. The Bertz CT molecular complexity index is 361. The van der Waals surface area contributed by atoms with Gasteiger partial charge in [0.25, 0.3) is 0 Å². The van der Waals surface area contributed by atoms with Gasteiger partial charge in [0.1, 0.15) is 0 Å². The summed E-state index contributed by atoms with van der Waals surface area (Å²) in [6.45, 7) is 0.929. The second kappa shape index (κ2) is 5.54. The molecule has 0 bridgehead atoms. The highest BCUT2D eigenvalue weighted by atomic mass is 32.2. The Hall–Kier alpha value is -0.750. The Morgan fingerprint density at radius 3 is 3.31 bits per heavy atom. The van der Waals surface area contributed by atoms with Crippen molar-refractivity contribution in [2.45, 2.75) is 18.1 Å². The maximum absolute atomic E-state index is 11.2. The largest absolute Gasteiger partial charge is 0.464 e. The van der Waals surface area contributed by atoms with E-state index in [0.29, 0.717) is 10.9 Å². The van der Waals surface area contributed by atoms with Crippen LogP contribution in [-0.2, 0) is 4.74 Å². The van der Waals surface area contributed by atoms with Gasteiger partial charge in [0.15, 0.2) is 10.8 Å². The summed E-state index contributed by atoms with van der Waals surface area (Å²) in [4.78, 5) is 15.3. The Morgan fingerprint density at radius 2 is 2.62 bits per heavy atom. The topological polar surface area (TPSA) is 51.2 Å². The molecule has 1 unspecified atom stereocenters. The highest BCUT2D eigenvalue weighted by Gasteiger charge is 2.16. The average Bonchev–Trinajstić information content (AvgIpc) is 2.96. The van der Waals surface area contributed by atoms with Crippen LogP contribution in [0.4, 0.5) is 5.13 Å². The fraction of sp³-hybridized carbons (Fsp3) is 0.600. The van der Waals surface area contributed by atoms with E-state index in [2.05, 4.69) is 15.0 Å². The molecular formula is C10H14N2O2S2. The van der Waals surface area contributed by atoms with Crippen molar-refractivity contribution in [2.24, 2.45) is 0 Å². The highest BCUT2D eigenvalue weighted by Crippen LogP contribution is 2.26. The van der Waals surface area contributed by atoms with E-state index < -0.39 is 0 Å². The molecule has 1 aliphatic heterocycles. The van der Waals surface area contributed by atoms with E-state index in [1.165, 1.54) is 37.0 Å². The molecule has 1 fully saturated rings. The van der Waals surface area contributed by atoms with E-state index in [4.69, 9.17) is 0 Å². The summed E-state index contributed by atoms with van der Waals surface area (Å²) >= 11 is 3.45. The molecule has 0 aromatic carbocycles. The zero-order chi connectivity index (χ0) is 11.4. The summed E-state index contributed by atoms with van der Waals surface area (Å²) in [5.74, 6) is 0.886. The molecule has 2 heterocycles. The van der Waals surface area contributed by atoms with Crippen LogP contribution in [0, 0.1) is 0 Å². The molecule has 0 radical (unpaired) electrons. The van der Waals surface area contributed by atoms with Crippen molar-refractivity contribution < 1.29 is 9.53 Å². The minimum atomic E-state index is -0.375. The van der Waals surface area contributed by atoms with Crippen molar-refractivity contribution in [3.8, 4) is 0 Å². The van der Waals surface area contributed by atoms with Gasteiger partial charge in [0.2, 0.25) is 0 Å². The molecule has 0 saturated carbocycles. The van der Waals surface area contributed by atoms with Crippen molar-refractivity contribution in [3.63, 3.8) is 0 Å². The minimum Gasteiger partial charge on any atom is -0.464 e. The number of carbonyl (C=O) groups excluding carboxylic acids is 1. The van der Waals surface area contributed by atoms with Gasteiger partial charge in [0, 0.05) is 17.2 Å². The number of rotatable bonds is 4. The van der Waals surface area contributed by atoms with E-state index in [1.54, 1.807) is 5.38 Å². The molecule has 1 aromatic rings. The van der Waals surface area contributed by atoms with Crippen LogP contribution in [0.25, 0.3) is 0 Å². The summed E-state index contributed by atoms with van der Waals surface area (Å²) in [7, 11) is 1.37. The monoisotopic (exact) mass is 258 g/mol. The molecule has 1 saturated heterocycles. The van der Waals surface area contributed by atoms with E-state index in [-0.39, 0.29) is 5.97 Å². The molecule has 16 heavy (non-hydrogen) atoms. The van der Waals surface area contributed by atoms with Crippen LogP contribution in [0.2, 0.25) is 0 Å². The van der Waals surface area contributed by atoms with Crippen LogP contribution in [0.5, 0.6) is 0 Å². The Balaban J connectivity index is 1.85. The van der Waals surface area contributed by atoms with Crippen LogP contribution in [0.3, 0.4) is 0 Å². The van der Waals surface area contributed by atoms with Gasteiger partial charge < -0.3 is 10.1 Å². The molecular weight excluding hydrogens is 244 g/mol. The third-order valence-electron chi connectivity index (χ3n) is 2.40. The summed E-state index contributed by atoms with van der Waals surface area (Å²) in [6.07, 6.45) is 2.58. The molecule has 0 amide bonds. The van der Waals surface area contributed by atoms with Crippen LogP contribution in [0.15, 0.2) is 5.38 Å². The molecule has 1 atom stereocenters. The number of thiazole rings is 1. The van der Waals surface area contributed by atoms with Crippen molar-refractivity contribution in [3.05, 3.63) is 11.1 Å². The van der Waals surface area contributed by atoms with E-state index >= 15 is 0 Å². The number of esters is 1. The summed E-state index contributed by atoms with van der Waals surface area (Å²) in [5.41, 5.74) is 0.383. The second-order valence-electron chi connectivity index (χ2n) is 3.55. The number of ether oxygens (including phenoxy) is 1.